The Morgan fingerprint density at radius 3 is 2.39 bits per heavy atom. The van der Waals surface area contributed by atoms with Crippen LogP contribution in [0.3, 0.4) is 0 Å². The molecular formula is C27H36ClN3O6S. The molecule has 0 radical (unpaired) electrons. The summed E-state index contributed by atoms with van der Waals surface area (Å²) in [6.45, 7) is 8.63. The normalized spacial score (nSPS) is 14.7. The smallest absolute Gasteiger partial charge is 0.410 e. The van der Waals surface area contributed by atoms with Crippen LogP contribution in [-0.2, 0) is 25.6 Å². The van der Waals surface area contributed by atoms with E-state index in [0.29, 0.717) is 21.8 Å². The van der Waals surface area contributed by atoms with Crippen LogP contribution < -0.4 is 10.2 Å². The van der Waals surface area contributed by atoms with Crippen molar-refractivity contribution in [2.24, 2.45) is 0 Å². The van der Waals surface area contributed by atoms with Gasteiger partial charge in [-0.25, -0.2) is 4.79 Å². The summed E-state index contributed by atoms with van der Waals surface area (Å²) in [5, 5.41) is 3.25. The topological polar surface area (TPSA) is 105 Å². The van der Waals surface area contributed by atoms with Crippen molar-refractivity contribution in [2.45, 2.75) is 58.7 Å². The summed E-state index contributed by atoms with van der Waals surface area (Å²) < 4.78 is 33.6. The summed E-state index contributed by atoms with van der Waals surface area (Å²) in [6.07, 6.45) is 2.58. The predicted octanol–water partition coefficient (Wildman–Crippen LogP) is 5.29. The van der Waals surface area contributed by atoms with Gasteiger partial charge in [-0.1, -0.05) is 29.8 Å². The number of ether oxygens (including phenoxy) is 1. The van der Waals surface area contributed by atoms with Crippen LogP contribution in [0.1, 0.15) is 56.5 Å². The quantitative estimate of drug-likeness (QED) is 0.412. The van der Waals surface area contributed by atoms with Crippen LogP contribution in [0.4, 0.5) is 16.2 Å². The highest BCUT2D eigenvalue weighted by Crippen LogP contribution is 2.28. The molecule has 38 heavy (non-hydrogen) atoms. The van der Waals surface area contributed by atoms with E-state index >= 15 is 0 Å². The van der Waals surface area contributed by atoms with E-state index < -0.39 is 27.9 Å². The number of nitrogens with one attached hydrogen (secondary N) is 1. The number of carbonyl (C=O) groups is 2. The van der Waals surface area contributed by atoms with Gasteiger partial charge in [-0.2, -0.15) is 8.42 Å². The number of para-hydroxylation sites is 1. The fraction of sp³-hybridized carbons (Fsp3) is 0.481. The average Bonchev–Trinajstić information content (AvgIpc) is 3.35. The van der Waals surface area contributed by atoms with E-state index in [4.69, 9.17) is 20.5 Å². The second-order valence-electron chi connectivity index (χ2n) is 10.4. The van der Waals surface area contributed by atoms with E-state index in [9.17, 15) is 18.0 Å². The number of hydrogen-bond acceptors (Lipinski definition) is 7. The Kier molecular flexibility index (Phi) is 9.67. The van der Waals surface area contributed by atoms with Gasteiger partial charge in [-0.05, 0) is 70.4 Å². The lowest BCUT2D eigenvalue weighted by Crippen LogP contribution is -2.44. The van der Waals surface area contributed by atoms with Gasteiger partial charge in [0.1, 0.15) is 5.60 Å². The van der Waals surface area contributed by atoms with E-state index in [2.05, 4.69) is 10.2 Å². The van der Waals surface area contributed by atoms with Crippen molar-refractivity contribution in [3.63, 3.8) is 0 Å². The Hall–Kier alpha value is -2.82. The summed E-state index contributed by atoms with van der Waals surface area (Å²) in [7, 11) is -3.71. The van der Waals surface area contributed by atoms with Gasteiger partial charge in [0.25, 0.3) is 16.0 Å². The predicted molar refractivity (Wildman–Crippen MR) is 149 cm³/mol. The largest absolute Gasteiger partial charge is 0.444 e. The molecule has 1 atom stereocenters. The third kappa shape index (κ3) is 8.61. The van der Waals surface area contributed by atoms with E-state index in [1.165, 1.54) is 4.90 Å². The number of anilines is 2. The van der Waals surface area contributed by atoms with Crippen LogP contribution in [0.15, 0.2) is 42.5 Å². The molecule has 1 saturated heterocycles. The zero-order valence-corrected chi connectivity index (χ0v) is 24.1. The van der Waals surface area contributed by atoms with Gasteiger partial charge in [0.2, 0.25) is 0 Å². The number of amides is 2. The van der Waals surface area contributed by atoms with Gasteiger partial charge >= 0.3 is 6.09 Å². The van der Waals surface area contributed by atoms with Gasteiger partial charge in [-0.15, -0.1) is 0 Å². The molecule has 1 heterocycles. The Morgan fingerprint density at radius 1 is 1.13 bits per heavy atom. The van der Waals surface area contributed by atoms with Crippen LogP contribution in [-0.4, -0.2) is 62.9 Å². The summed E-state index contributed by atoms with van der Waals surface area (Å²) in [4.78, 5) is 29.8. The van der Waals surface area contributed by atoms with Crippen LogP contribution >= 0.6 is 11.6 Å². The zero-order valence-electron chi connectivity index (χ0n) is 22.5. The number of nitrogens with zero attached hydrogens (tertiary/aromatic N) is 2. The van der Waals surface area contributed by atoms with Crippen molar-refractivity contribution < 1.29 is 26.9 Å². The van der Waals surface area contributed by atoms with Crippen LogP contribution in [0.2, 0.25) is 5.02 Å². The SMILES string of the molecule is CC(COS(C)(=O)=O)N(Cc1ccccc1NC(=O)c1ccc(N2CCCC2)cc1Cl)C(=O)OC(C)(C)C. The minimum Gasteiger partial charge on any atom is -0.444 e. The molecule has 1 aliphatic heterocycles. The molecule has 1 N–H and O–H groups in total. The summed E-state index contributed by atoms with van der Waals surface area (Å²) in [6, 6.07) is 11.8. The molecule has 1 unspecified atom stereocenters. The van der Waals surface area contributed by atoms with Crippen LogP contribution in [0.25, 0.3) is 0 Å². The van der Waals surface area contributed by atoms with Crippen LogP contribution in [0, 0.1) is 0 Å². The first-order valence-corrected chi connectivity index (χ1v) is 14.7. The lowest BCUT2D eigenvalue weighted by molar-refractivity contribution is 0.0110. The number of carbonyl (C=O) groups excluding carboxylic acids is 2. The highest BCUT2D eigenvalue weighted by Gasteiger charge is 2.28. The van der Waals surface area contributed by atoms with Crippen molar-refractivity contribution in [3.8, 4) is 0 Å². The molecule has 1 fully saturated rings. The molecule has 0 bridgehead atoms. The highest BCUT2D eigenvalue weighted by atomic mass is 35.5. The molecule has 208 valence electrons. The molecule has 9 nitrogen and oxygen atoms in total. The van der Waals surface area contributed by atoms with E-state index in [0.717, 1.165) is 37.9 Å². The molecule has 1 aliphatic rings. The van der Waals surface area contributed by atoms with E-state index in [1.807, 2.05) is 6.07 Å². The van der Waals surface area contributed by atoms with E-state index in [-0.39, 0.29) is 19.1 Å². The molecule has 3 rings (SSSR count). The van der Waals surface area contributed by atoms with Gasteiger partial charge in [0.05, 0.1) is 36.0 Å². The Bertz CT molecular complexity index is 1260. The molecule has 0 saturated carbocycles. The standard InChI is InChI=1S/C27H36ClN3O6S/c1-19(18-36-38(5,34)35)31(26(33)37-27(2,3)4)17-20-10-6-7-11-24(20)29-25(32)22-13-12-21(16-23(22)28)30-14-8-9-15-30/h6-7,10-13,16,19H,8-9,14-15,17-18H2,1-5H3,(H,29,32). The lowest BCUT2D eigenvalue weighted by atomic mass is 10.1. The molecular weight excluding hydrogens is 530 g/mol. The molecule has 11 heteroatoms. The van der Waals surface area contributed by atoms with Gasteiger partial charge in [0.15, 0.2) is 0 Å². The number of halogens is 1. The molecule has 2 aromatic rings. The van der Waals surface area contributed by atoms with Crippen molar-refractivity contribution in [3.05, 3.63) is 58.6 Å². The molecule has 0 aliphatic carbocycles. The maximum absolute atomic E-state index is 13.2. The lowest BCUT2D eigenvalue weighted by Gasteiger charge is -2.32. The Balaban J connectivity index is 1.81. The van der Waals surface area contributed by atoms with Crippen molar-refractivity contribution >= 4 is 45.1 Å². The third-order valence-electron chi connectivity index (χ3n) is 5.96. The fourth-order valence-corrected chi connectivity index (χ4v) is 4.75. The van der Waals surface area contributed by atoms with Gasteiger partial charge in [-0.3, -0.25) is 13.9 Å². The van der Waals surface area contributed by atoms with Gasteiger partial charge in [0, 0.05) is 24.5 Å². The number of benzene rings is 2. The third-order valence-corrected chi connectivity index (χ3v) is 6.84. The molecule has 2 amide bonds. The number of hydrogen-bond donors (Lipinski definition) is 1. The minimum absolute atomic E-state index is 0.0429. The molecule has 2 aromatic carbocycles. The van der Waals surface area contributed by atoms with Crippen molar-refractivity contribution in [1.82, 2.24) is 4.90 Å². The average molecular weight is 566 g/mol. The minimum atomic E-state index is -3.71. The first-order valence-electron chi connectivity index (χ1n) is 12.5. The molecule has 0 spiro atoms. The maximum atomic E-state index is 13.2. The maximum Gasteiger partial charge on any atom is 0.410 e. The summed E-state index contributed by atoms with van der Waals surface area (Å²) >= 11 is 6.49. The summed E-state index contributed by atoms with van der Waals surface area (Å²) in [5.74, 6) is -0.382. The first-order chi connectivity index (χ1) is 17.7. The van der Waals surface area contributed by atoms with Gasteiger partial charge < -0.3 is 15.0 Å². The van der Waals surface area contributed by atoms with Crippen molar-refractivity contribution in [2.75, 3.05) is 36.2 Å². The first kappa shape index (κ1) is 29.7. The zero-order chi connectivity index (χ0) is 28.1. The Labute approximate surface area is 230 Å². The highest BCUT2D eigenvalue weighted by molar-refractivity contribution is 7.85. The summed E-state index contributed by atoms with van der Waals surface area (Å²) in [5.41, 5.74) is 1.68. The van der Waals surface area contributed by atoms with Crippen molar-refractivity contribution in [1.29, 1.82) is 0 Å². The van der Waals surface area contributed by atoms with E-state index in [1.54, 1.807) is 64.1 Å². The second-order valence-corrected chi connectivity index (χ2v) is 12.5. The monoisotopic (exact) mass is 565 g/mol. The second kappa shape index (κ2) is 12.4. The van der Waals surface area contributed by atoms with Crippen LogP contribution in [0.5, 0.6) is 0 Å². The Morgan fingerprint density at radius 2 is 1.79 bits per heavy atom. The molecule has 0 aromatic heterocycles. The number of rotatable bonds is 9. The fourth-order valence-electron chi connectivity index (χ4n) is 4.05.